The van der Waals surface area contributed by atoms with E-state index in [1.54, 1.807) is 19.0 Å². The highest BCUT2D eigenvalue weighted by molar-refractivity contribution is 5.85. The summed E-state index contributed by atoms with van der Waals surface area (Å²) < 4.78 is 0. The van der Waals surface area contributed by atoms with E-state index in [0.717, 1.165) is 12.0 Å². The first-order valence-corrected chi connectivity index (χ1v) is 11.6. The van der Waals surface area contributed by atoms with Crippen LogP contribution in [0.4, 0.5) is 0 Å². The Kier molecular flexibility index (Phi) is 8.44. The highest BCUT2D eigenvalue weighted by Crippen LogP contribution is 2.25. The summed E-state index contributed by atoms with van der Waals surface area (Å²) in [5, 5.41) is 7.29. The first kappa shape index (κ1) is 21.4. The number of rotatable bonds is 5. The molecule has 6 nitrogen and oxygen atoms in total. The van der Waals surface area contributed by atoms with Crippen LogP contribution < -0.4 is 10.6 Å². The van der Waals surface area contributed by atoms with E-state index in [1.165, 1.54) is 90.1 Å². The van der Waals surface area contributed by atoms with E-state index >= 15 is 0 Å². The zero-order chi connectivity index (χ0) is 19.8. The van der Waals surface area contributed by atoms with Crippen LogP contribution in [0.1, 0.15) is 77.0 Å². The van der Waals surface area contributed by atoms with Crippen LogP contribution in [-0.2, 0) is 4.79 Å². The van der Waals surface area contributed by atoms with Crippen molar-refractivity contribution in [2.45, 2.75) is 95.2 Å². The summed E-state index contributed by atoms with van der Waals surface area (Å²) in [5.41, 5.74) is 0. The fourth-order valence-electron chi connectivity index (χ4n) is 4.91. The van der Waals surface area contributed by atoms with Crippen molar-refractivity contribution >= 4 is 11.9 Å². The van der Waals surface area contributed by atoms with Gasteiger partial charge in [0.05, 0.1) is 0 Å². The Bertz CT molecular complexity index is 501. The van der Waals surface area contributed by atoms with Crippen molar-refractivity contribution in [1.82, 2.24) is 20.4 Å². The van der Waals surface area contributed by atoms with Crippen LogP contribution in [0.2, 0.25) is 0 Å². The number of nitrogens with one attached hydrogen (secondary N) is 2. The molecule has 1 heterocycles. The smallest absolute Gasteiger partial charge is 0.243 e. The van der Waals surface area contributed by atoms with Crippen molar-refractivity contribution in [3.8, 4) is 0 Å². The number of aliphatic imine (C=N–C) groups is 1. The van der Waals surface area contributed by atoms with Gasteiger partial charge < -0.3 is 20.4 Å². The molecule has 0 aromatic rings. The van der Waals surface area contributed by atoms with E-state index in [9.17, 15) is 4.79 Å². The average Bonchev–Trinajstić information content (AvgIpc) is 2.73. The number of guanidine groups is 1. The molecule has 160 valence electrons. The van der Waals surface area contributed by atoms with Gasteiger partial charge in [-0.2, -0.15) is 0 Å². The Morgan fingerprint density at radius 2 is 1.39 bits per heavy atom. The largest absolute Gasteiger partial charge is 0.354 e. The first-order valence-electron chi connectivity index (χ1n) is 11.6. The van der Waals surface area contributed by atoms with Gasteiger partial charge in [-0.05, 0) is 38.5 Å². The van der Waals surface area contributed by atoms with E-state index < -0.39 is 0 Å². The third-order valence-corrected chi connectivity index (χ3v) is 6.78. The SMILES string of the molecule is CN(C)C(=O)CN=C(NC1CCCCC1)NC1CCN(C2CCCCC2)CC1. The number of carbonyl (C=O) groups is 1. The second-order valence-corrected chi connectivity index (χ2v) is 9.18. The molecule has 3 fully saturated rings. The molecule has 0 radical (unpaired) electrons. The number of hydrogen-bond acceptors (Lipinski definition) is 3. The molecule has 0 bridgehead atoms. The first-order chi connectivity index (χ1) is 13.6. The molecular weight excluding hydrogens is 350 g/mol. The molecule has 28 heavy (non-hydrogen) atoms. The summed E-state index contributed by atoms with van der Waals surface area (Å²) in [7, 11) is 3.58. The molecule has 3 rings (SSSR count). The number of hydrogen-bond donors (Lipinski definition) is 2. The molecular formula is C22H41N5O. The van der Waals surface area contributed by atoms with Gasteiger partial charge in [-0.1, -0.05) is 38.5 Å². The summed E-state index contributed by atoms with van der Waals surface area (Å²) in [6, 6.07) is 1.78. The Morgan fingerprint density at radius 1 is 0.857 bits per heavy atom. The molecule has 1 saturated heterocycles. The fourth-order valence-corrected chi connectivity index (χ4v) is 4.91. The monoisotopic (exact) mass is 391 g/mol. The van der Waals surface area contributed by atoms with Crippen LogP contribution in [0.15, 0.2) is 4.99 Å². The minimum atomic E-state index is 0.0526. The maximum atomic E-state index is 12.0. The minimum Gasteiger partial charge on any atom is -0.354 e. The Hall–Kier alpha value is -1.30. The zero-order valence-corrected chi connectivity index (χ0v) is 18.1. The van der Waals surface area contributed by atoms with E-state index in [-0.39, 0.29) is 12.5 Å². The third-order valence-electron chi connectivity index (χ3n) is 6.78. The van der Waals surface area contributed by atoms with Crippen LogP contribution >= 0.6 is 0 Å². The summed E-state index contributed by atoms with van der Waals surface area (Å²) in [4.78, 5) is 21.0. The number of amides is 1. The highest BCUT2D eigenvalue weighted by atomic mass is 16.2. The number of carbonyl (C=O) groups excluding carboxylic acids is 1. The van der Waals surface area contributed by atoms with Crippen molar-refractivity contribution in [2.24, 2.45) is 4.99 Å². The maximum Gasteiger partial charge on any atom is 0.243 e. The lowest BCUT2D eigenvalue weighted by atomic mass is 9.92. The summed E-state index contributed by atoms with van der Waals surface area (Å²) >= 11 is 0. The highest BCUT2D eigenvalue weighted by Gasteiger charge is 2.27. The number of piperidine rings is 1. The van der Waals surface area contributed by atoms with E-state index in [2.05, 4.69) is 20.5 Å². The molecule has 0 spiro atoms. The van der Waals surface area contributed by atoms with E-state index in [1.807, 2.05) is 0 Å². The van der Waals surface area contributed by atoms with Gasteiger partial charge in [0.25, 0.3) is 0 Å². The van der Waals surface area contributed by atoms with Crippen molar-refractivity contribution in [3.05, 3.63) is 0 Å². The summed E-state index contributed by atoms with van der Waals surface area (Å²) in [6.45, 7) is 2.60. The van der Waals surface area contributed by atoms with Crippen molar-refractivity contribution < 1.29 is 4.79 Å². The number of nitrogens with zero attached hydrogens (tertiary/aromatic N) is 3. The molecule has 0 atom stereocenters. The van der Waals surface area contributed by atoms with Gasteiger partial charge in [0.1, 0.15) is 6.54 Å². The standard InChI is InChI=1S/C22H41N5O/c1-26(2)21(28)17-23-22(24-18-9-5-3-6-10-18)25-19-13-15-27(16-14-19)20-11-7-4-8-12-20/h18-20H,3-17H2,1-2H3,(H2,23,24,25). The van der Waals surface area contributed by atoms with Crippen molar-refractivity contribution in [2.75, 3.05) is 33.7 Å². The van der Waals surface area contributed by atoms with Crippen LogP contribution in [0, 0.1) is 0 Å². The fraction of sp³-hybridized carbons (Fsp3) is 0.909. The molecule has 1 amide bonds. The lowest BCUT2D eigenvalue weighted by molar-refractivity contribution is -0.127. The molecule has 1 aliphatic heterocycles. The van der Waals surface area contributed by atoms with Crippen molar-refractivity contribution in [1.29, 1.82) is 0 Å². The molecule has 6 heteroatoms. The summed E-state index contributed by atoms with van der Waals surface area (Å²) in [5.74, 6) is 0.898. The van der Waals surface area contributed by atoms with Gasteiger partial charge >= 0.3 is 0 Å². The van der Waals surface area contributed by atoms with Crippen LogP contribution in [0.25, 0.3) is 0 Å². The van der Waals surface area contributed by atoms with Crippen LogP contribution in [0.5, 0.6) is 0 Å². The molecule has 2 saturated carbocycles. The predicted octanol–water partition coefficient (Wildman–Crippen LogP) is 2.74. The summed E-state index contributed by atoms with van der Waals surface area (Å²) in [6.07, 6.45) is 15.7. The van der Waals surface area contributed by atoms with E-state index in [0.29, 0.717) is 12.1 Å². The van der Waals surface area contributed by atoms with Gasteiger partial charge in [0, 0.05) is 45.3 Å². The van der Waals surface area contributed by atoms with Crippen LogP contribution in [-0.4, -0.2) is 73.5 Å². The second-order valence-electron chi connectivity index (χ2n) is 9.18. The van der Waals surface area contributed by atoms with Gasteiger partial charge in [0.2, 0.25) is 5.91 Å². The quantitative estimate of drug-likeness (QED) is 0.559. The van der Waals surface area contributed by atoms with E-state index in [4.69, 9.17) is 0 Å². The van der Waals surface area contributed by atoms with Gasteiger partial charge in [-0.25, -0.2) is 4.99 Å². The normalized spacial score (nSPS) is 24.1. The van der Waals surface area contributed by atoms with Gasteiger partial charge in [-0.15, -0.1) is 0 Å². The number of likely N-dealkylation sites (N-methyl/N-ethyl adjacent to an activating group) is 1. The number of likely N-dealkylation sites (tertiary alicyclic amines) is 1. The maximum absolute atomic E-state index is 12.0. The third kappa shape index (κ3) is 6.64. The predicted molar refractivity (Wildman–Crippen MR) is 116 cm³/mol. The minimum absolute atomic E-state index is 0.0526. The molecule has 0 unspecified atom stereocenters. The van der Waals surface area contributed by atoms with Gasteiger partial charge in [0.15, 0.2) is 5.96 Å². The Labute approximate surface area is 171 Å². The molecule has 2 aliphatic carbocycles. The molecule has 3 aliphatic rings. The van der Waals surface area contributed by atoms with Gasteiger partial charge in [-0.3, -0.25) is 4.79 Å². The van der Waals surface area contributed by atoms with Crippen LogP contribution in [0.3, 0.4) is 0 Å². The molecule has 0 aromatic heterocycles. The lowest BCUT2D eigenvalue weighted by Gasteiger charge is -2.40. The Balaban J connectivity index is 1.51. The molecule has 0 aromatic carbocycles. The molecule has 2 N–H and O–H groups in total. The Morgan fingerprint density at radius 3 is 1.96 bits per heavy atom. The lowest BCUT2D eigenvalue weighted by Crippen LogP contribution is -2.52. The average molecular weight is 392 g/mol. The topological polar surface area (TPSA) is 60.0 Å². The zero-order valence-electron chi connectivity index (χ0n) is 18.1. The van der Waals surface area contributed by atoms with Crippen molar-refractivity contribution in [3.63, 3.8) is 0 Å². The second kappa shape index (κ2) is 11.0.